The molecule has 0 saturated carbocycles. The van der Waals surface area contributed by atoms with Gasteiger partial charge in [0.1, 0.15) is 11.5 Å². The van der Waals surface area contributed by atoms with Crippen LogP contribution >= 0.6 is 0 Å². The highest BCUT2D eigenvalue weighted by Gasteiger charge is 2.26. The van der Waals surface area contributed by atoms with Crippen molar-refractivity contribution in [1.29, 1.82) is 0 Å². The lowest BCUT2D eigenvalue weighted by Gasteiger charge is -2.32. The molecule has 5 nitrogen and oxygen atoms in total. The van der Waals surface area contributed by atoms with Gasteiger partial charge in [0.25, 0.3) is 5.91 Å². The van der Waals surface area contributed by atoms with Gasteiger partial charge in [0.05, 0.1) is 17.1 Å². The van der Waals surface area contributed by atoms with Crippen LogP contribution in [0.25, 0.3) is 10.9 Å². The highest BCUT2D eigenvalue weighted by atomic mass is 19.1. The topological polar surface area (TPSA) is 70.5 Å². The highest BCUT2D eigenvalue weighted by Crippen LogP contribution is 2.28. The number of aromatic carboxylic acids is 1. The molecule has 0 unspecified atom stereocenters. The van der Waals surface area contributed by atoms with Crippen LogP contribution in [0.3, 0.4) is 0 Å². The number of aromatic nitrogens is 1. The van der Waals surface area contributed by atoms with E-state index in [2.05, 4.69) is 4.98 Å². The molecule has 0 saturated heterocycles. The van der Waals surface area contributed by atoms with Gasteiger partial charge < -0.3 is 10.0 Å². The Morgan fingerprint density at radius 2 is 1.73 bits per heavy atom. The van der Waals surface area contributed by atoms with Crippen LogP contribution in [-0.2, 0) is 6.54 Å². The van der Waals surface area contributed by atoms with Crippen LogP contribution in [0.2, 0.25) is 0 Å². The van der Waals surface area contributed by atoms with Crippen molar-refractivity contribution in [3.8, 4) is 0 Å². The molecule has 0 radical (unpaired) electrons. The maximum atomic E-state index is 13.7. The van der Waals surface area contributed by atoms with E-state index in [1.807, 2.05) is 37.3 Å². The van der Waals surface area contributed by atoms with Gasteiger partial charge in [-0.1, -0.05) is 55.5 Å². The number of hydrogen-bond acceptors (Lipinski definition) is 3. The first-order valence-corrected chi connectivity index (χ1v) is 10.7. The van der Waals surface area contributed by atoms with Gasteiger partial charge in [0, 0.05) is 11.9 Å². The van der Waals surface area contributed by atoms with Crippen LogP contribution in [0.1, 0.15) is 51.4 Å². The van der Waals surface area contributed by atoms with Crippen LogP contribution in [0.15, 0.2) is 84.9 Å². The summed E-state index contributed by atoms with van der Waals surface area (Å²) in [5.74, 6) is -1.66. The molecule has 0 bridgehead atoms. The first-order chi connectivity index (χ1) is 16.0. The van der Waals surface area contributed by atoms with Gasteiger partial charge in [-0.05, 0) is 53.9 Å². The maximum Gasteiger partial charge on any atom is 0.335 e. The van der Waals surface area contributed by atoms with Gasteiger partial charge in [0.2, 0.25) is 0 Å². The van der Waals surface area contributed by atoms with Crippen LogP contribution in [0, 0.1) is 5.82 Å². The number of carbonyl (C=O) groups is 2. The van der Waals surface area contributed by atoms with Crippen LogP contribution in [0.5, 0.6) is 0 Å². The lowest BCUT2D eigenvalue weighted by molar-refractivity contribution is 0.0646. The van der Waals surface area contributed by atoms with E-state index < -0.39 is 5.97 Å². The summed E-state index contributed by atoms with van der Waals surface area (Å²) in [7, 11) is 0. The summed E-state index contributed by atoms with van der Waals surface area (Å²) in [6.45, 7) is 2.14. The number of pyridine rings is 1. The second kappa shape index (κ2) is 9.61. The fourth-order valence-corrected chi connectivity index (χ4v) is 3.98. The molecular formula is C27H23FN2O3. The number of rotatable bonds is 7. The maximum absolute atomic E-state index is 13.7. The summed E-state index contributed by atoms with van der Waals surface area (Å²) in [4.78, 5) is 31.4. The number of carboxylic acids is 1. The Hall–Kier alpha value is -4.06. The molecule has 1 aromatic heterocycles. The minimum atomic E-state index is -1.03. The first-order valence-electron chi connectivity index (χ1n) is 10.7. The number of hydrogen-bond donors (Lipinski definition) is 1. The first kappa shape index (κ1) is 22.1. The van der Waals surface area contributed by atoms with Crippen molar-refractivity contribution in [1.82, 2.24) is 9.88 Å². The third kappa shape index (κ3) is 4.90. The molecule has 1 N–H and O–H groups in total. The second-order valence-electron chi connectivity index (χ2n) is 7.80. The molecule has 0 aliphatic carbocycles. The molecule has 4 aromatic rings. The Morgan fingerprint density at radius 1 is 0.970 bits per heavy atom. The number of nitrogens with zero attached hydrogens (tertiary/aromatic N) is 2. The Balaban J connectivity index is 1.76. The predicted octanol–water partition coefficient (Wildman–Crippen LogP) is 5.87. The zero-order chi connectivity index (χ0) is 23.4. The molecule has 6 heteroatoms. The number of fused-ring (bicyclic) bond motifs is 1. The molecule has 0 fully saturated rings. The monoisotopic (exact) mass is 442 g/mol. The average molecular weight is 442 g/mol. The number of carboxylic acid groups (broad SMARTS) is 1. The molecule has 1 amide bonds. The van der Waals surface area contributed by atoms with E-state index in [4.69, 9.17) is 0 Å². The van der Waals surface area contributed by atoms with E-state index in [0.29, 0.717) is 23.2 Å². The van der Waals surface area contributed by atoms with Crippen molar-refractivity contribution in [3.63, 3.8) is 0 Å². The number of benzene rings is 3. The van der Waals surface area contributed by atoms with Gasteiger partial charge in [-0.2, -0.15) is 0 Å². The zero-order valence-corrected chi connectivity index (χ0v) is 18.1. The number of carbonyl (C=O) groups excluding carboxylic acids is 1. The summed E-state index contributed by atoms with van der Waals surface area (Å²) >= 11 is 0. The van der Waals surface area contributed by atoms with Crippen LogP contribution < -0.4 is 0 Å². The van der Waals surface area contributed by atoms with Crippen molar-refractivity contribution in [2.75, 3.05) is 0 Å². The Kier molecular flexibility index (Phi) is 6.45. The van der Waals surface area contributed by atoms with Crippen LogP contribution in [0.4, 0.5) is 4.39 Å². The van der Waals surface area contributed by atoms with E-state index in [-0.39, 0.29) is 29.9 Å². The summed E-state index contributed by atoms with van der Waals surface area (Å²) in [6.07, 6.45) is 0.587. The molecule has 0 spiro atoms. The molecule has 3 aromatic carbocycles. The minimum Gasteiger partial charge on any atom is -0.478 e. The second-order valence-corrected chi connectivity index (χ2v) is 7.80. The molecule has 33 heavy (non-hydrogen) atoms. The van der Waals surface area contributed by atoms with Gasteiger partial charge in [-0.15, -0.1) is 0 Å². The smallest absolute Gasteiger partial charge is 0.335 e. The third-order valence-electron chi connectivity index (χ3n) is 5.62. The van der Waals surface area contributed by atoms with Gasteiger partial charge in [-0.3, -0.25) is 4.79 Å². The molecule has 0 aliphatic rings. The number of halogens is 1. The fourth-order valence-electron chi connectivity index (χ4n) is 3.98. The molecular weight excluding hydrogens is 419 g/mol. The van der Waals surface area contributed by atoms with Crippen molar-refractivity contribution < 1.29 is 19.1 Å². The molecule has 4 rings (SSSR count). The van der Waals surface area contributed by atoms with Gasteiger partial charge >= 0.3 is 5.97 Å². The van der Waals surface area contributed by atoms with Crippen molar-refractivity contribution >= 4 is 22.8 Å². The SMILES string of the molecule is CC[C@H](c1ccc(F)cc1)N(Cc1cccc(C(=O)O)c1)C(=O)c1ccc2ccccc2n1. The van der Waals surface area contributed by atoms with Gasteiger partial charge in [-0.25, -0.2) is 14.2 Å². The summed E-state index contributed by atoms with van der Waals surface area (Å²) in [5.41, 5.74) is 2.64. The Labute approximate surface area is 191 Å². The third-order valence-corrected chi connectivity index (χ3v) is 5.62. The van der Waals surface area contributed by atoms with E-state index in [0.717, 1.165) is 10.9 Å². The standard InChI is InChI=1S/C27H23FN2O3/c1-2-25(20-10-13-22(28)14-11-20)30(17-18-6-5-8-21(16-18)27(32)33)26(31)24-15-12-19-7-3-4-9-23(19)29-24/h3-16,25H,2,17H2,1H3,(H,32,33)/t25-/m1/s1. The zero-order valence-electron chi connectivity index (χ0n) is 18.1. The van der Waals surface area contributed by atoms with E-state index >= 15 is 0 Å². The molecule has 166 valence electrons. The summed E-state index contributed by atoms with van der Waals surface area (Å²) in [6, 6.07) is 23.4. The van der Waals surface area contributed by atoms with E-state index in [9.17, 15) is 19.1 Å². The van der Waals surface area contributed by atoms with Crippen molar-refractivity contribution in [2.45, 2.75) is 25.9 Å². The largest absolute Gasteiger partial charge is 0.478 e. The predicted molar refractivity (Wildman–Crippen MR) is 124 cm³/mol. The molecule has 1 heterocycles. The summed E-state index contributed by atoms with van der Waals surface area (Å²) in [5, 5.41) is 10.3. The minimum absolute atomic E-state index is 0.151. The quantitative estimate of drug-likeness (QED) is 0.389. The molecule has 1 atom stereocenters. The van der Waals surface area contributed by atoms with Gasteiger partial charge in [0.15, 0.2) is 0 Å². The number of para-hydroxylation sites is 1. The van der Waals surface area contributed by atoms with Crippen LogP contribution in [-0.4, -0.2) is 26.9 Å². The van der Waals surface area contributed by atoms with E-state index in [1.165, 1.54) is 18.2 Å². The highest BCUT2D eigenvalue weighted by molar-refractivity contribution is 5.95. The summed E-state index contributed by atoms with van der Waals surface area (Å²) < 4.78 is 13.5. The van der Waals surface area contributed by atoms with E-state index in [1.54, 1.807) is 41.3 Å². The Morgan fingerprint density at radius 3 is 2.45 bits per heavy atom. The average Bonchev–Trinajstić information content (AvgIpc) is 2.84. The lowest BCUT2D eigenvalue weighted by atomic mass is 10.0. The van der Waals surface area contributed by atoms with Crippen molar-refractivity contribution in [3.05, 3.63) is 113 Å². The Bertz CT molecular complexity index is 1300. The van der Waals surface area contributed by atoms with Crippen molar-refractivity contribution in [2.24, 2.45) is 0 Å². The molecule has 0 aliphatic heterocycles. The number of amides is 1. The normalized spacial score (nSPS) is 11.8. The lowest BCUT2D eigenvalue weighted by Crippen LogP contribution is -2.35. The fraction of sp³-hybridized carbons (Fsp3) is 0.148.